The summed E-state index contributed by atoms with van der Waals surface area (Å²) in [5.74, 6) is 0. The Morgan fingerprint density at radius 3 is 2.00 bits per heavy atom. The van der Waals surface area contributed by atoms with Crippen molar-refractivity contribution < 1.29 is 41.1 Å². The van der Waals surface area contributed by atoms with Crippen LogP contribution in [0.4, 0.5) is 0 Å². The summed E-state index contributed by atoms with van der Waals surface area (Å²) in [5.41, 5.74) is 0. The third-order valence-electron chi connectivity index (χ3n) is 1.60. The van der Waals surface area contributed by atoms with Gasteiger partial charge in [0.2, 0.25) is 0 Å². The Balaban J connectivity index is 0. The molecule has 0 heterocycles. The van der Waals surface area contributed by atoms with E-state index in [1.54, 1.807) is 36.0 Å². The van der Waals surface area contributed by atoms with Crippen molar-refractivity contribution in [2.45, 2.75) is 9.79 Å². The summed E-state index contributed by atoms with van der Waals surface area (Å²) in [5, 5.41) is 0. The van der Waals surface area contributed by atoms with Crippen LogP contribution in [0.15, 0.2) is 34.1 Å². The molecule has 15 heavy (non-hydrogen) atoms. The van der Waals surface area contributed by atoms with Crippen LogP contribution in [0.2, 0.25) is 0 Å². The number of rotatable bonds is 3. The Hall–Kier alpha value is 0.584. The van der Waals surface area contributed by atoms with E-state index in [-0.39, 0.29) is 45.0 Å². The number of hydrogen-bond acceptors (Lipinski definition) is 3. The van der Waals surface area contributed by atoms with E-state index >= 15 is 0 Å². The Morgan fingerprint density at radius 1 is 1.20 bits per heavy atom. The Labute approximate surface area is 121 Å². The van der Waals surface area contributed by atoms with Gasteiger partial charge in [0.05, 0.1) is 0 Å². The summed E-state index contributed by atoms with van der Waals surface area (Å²) in [6.45, 7) is 0. The smallest absolute Gasteiger partial charge is 0.101 e. The van der Waals surface area contributed by atoms with Gasteiger partial charge in [0.1, 0.15) is 10.0 Å². The molecule has 0 saturated heterocycles. The van der Waals surface area contributed by atoms with Gasteiger partial charge >= 0.3 is 0 Å². The fraction of sp³-hybridized carbons (Fsp3) is 0.222. The van der Waals surface area contributed by atoms with E-state index in [1.807, 2.05) is 6.26 Å². The first-order valence-electron chi connectivity index (χ1n) is 3.60. The van der Waals surface area contributed by atoms with Crippen molar-refractivity contribution in [2.24, 2.45) is 0 Å². The first-order chi connectivity index (χ1) is 6.10. The fourth-order valence-corrected chi connectivity index (χ4v) is 1.95. The summed E-state index contributed by atoms with van der Waals surface area (Å²) in [4.78, 5) is 1.28. The minimum Gasteiger partial charge on any atom is -0.547 e. The molecule has 0 amide bonds. The van der Waals surface area contributed by atoms with E-state index in [0.717, 1.165) is 4.90 Å². The predicted molar refractivity (Wildman–Crippen MR) is 61.1 cm³/mol. The summed E-state index contributed by atoms with van der Waals surface area (Å²) in [6, 6.07) is 6.66. The standard InChI is InChI=1S/C8H10NO2S2.CH3.Y/c1-9-13(10,11)8-5-3-7(12-2)4-6-8;;/h3-6H,1-2H3;1H3;/q2*-1;. The number of hydrogen-bond donors (Lipinski definition) is 0. The van der Waals surface area contributed by atoms with E-state index in [0.29, 0.717) is 0 Å². The SMILES string of the molecule is C[N-]S(=O)(=O)c1ccc(SC)cc1.[CH3-].[Y]. The monoisotopic (exact) mass is 320 g/mol. The van der Waals surface area contributed by atoms with Gasteiger partial charge in [-0.05, 0) is 30.5 Å². The molecule has 0 aliphatic rings. The van der Waals surface area contributed by atoms with Crippen molar-refractivity contribution in [3.05, 3.63) is 36.4 Å². The van der Waals surface area contributed by atoms with Crippen LogP contribution in [0.25, 0.3) is 4.72 Å². The third kappa shape index (κ3) is 4.96. The minimum absolute atomic E-state index is 0. The molecule has 0 aliphatic carbocycles. The molecule has 0 aromatic heterocycles. The largest absolute Gasteiger partial charge is 0.547 e. The van der Waals surface area contributed by atoms with Gasteiger partial charge in [0.25, 0.3) is 0 Å². The van der Waals surface area contributed by atoms with E-state index in [1.165, 1.54) is 7.05 Å². The maximum Gasteiger partial charge on any atom is 0.101 e. The summed E-state index contributed by atoms with van der Waals surface area (Å²) >= 11 is 1.57. The zero-order chi connectivity index (χ0) is 9.90. The Kier molecular flexibility index (Phi) is 9.33. The van der Waals surface area contributed by atoms with E-state index in [2.05, 4.69) is 4.72 Å². The fourth-order valence-electron chi connectivity index (χ4n) is 0.853. The topological polar surface area (TPSA) is 48.2 Å². The molecule has 1 aromatic carbocycles. The van der Waals surface area contributed by atoms with Crippen LogP contribution >= 0.6 is 11.8 Å². The molecule has 0 fully saturated rings. The molecule has 6 heteroatoms. The second kappa shape index (κ2) is 7.79. The zero-order valence-corrected chi connectivity index (χ0v) is 13.4. The first-order valence-corrected chi connectivity index (χ1v) is 6.27. The van der Waals surface area contributed by atoms with Crippen LogP contribution in [-0.2, 0) is 42.7 Å². The van der Waals surface area contributed by atoms with Crippen LogP contribution in [-0.4, -0.2) is 21.7 Å². The number of nitrogens with zero attached hydrogens (tertiary/aromatic N) is 1. The van der Waals surface area contributed by atoms with Gasteiger partial charge in [-0.2, -0.15) is 7.05 Å². The second-order valence-corrected chi connectivity index (χ2v) is 5.00. The molecule has 0 N–H and O–H groups in total. The molecule has 1 rings (SSSR count). The maximum atomic E-state index is 11.2. The van der Waals surface area contributed by atoms with Gasteiger partial charge in [-0.25, -0.2) is 8.42 Å². The zero-order valence-electron chi connectivity index (χ0n) is 8.97. The van der Waals surface area contributed by atoms with Crippen LogP contribution in [0.1, 0.15) is 0 Å². The van der Waals surface area contributed by atoms with Gasteiger partial charge in [-0.3, -0.25) is 0 Å². The second-order valence-electron chi connectivity index (χ2n) is 2.33. The van der Waals surface area contributed by atoms with Crippen molar-refractivity contribution in [3.8, 4) is 0 Å². The molecular weight excluding hydrogens is 307 g/mol. The molecule has 83 valence electrons. The van der Waals surface area contributed by atoms with Gasteiger partial charge in [0, 0.05) is 42.5 Å². The molecule has 3 nitrogen and oxygen atoms in total. The Bertz CT molecular complexity index is 376. The van der Waals surface area contributed by atoms with E-state index in [9.17, 15) is 8.42 Å². The molecule has 0 aliphatic heterocycles. The van der Waals surface area contributed by atoms with Gasteiger partial charge in [-0.1, -0.05) is 0 Å². The van der Waals surface area contributed by atoms with Crippen LogP contribution in [0.3, 0.4) is 0 Å². The first kappa shape index (κ1) is 18.0. The van der Waals surface area contributed by atoms with Gasteiger partial charge in [-0.15, -0.1) is 11.8 Å². The number of benzene rings is 1. The number of sulfonamides is 1. The van der Waals surface area contributed by atoms with Crippen molar-refractivity contribution in [1.82, 2.24) is 0 Å². The van der Waals surface area contributed by atoms with Crippen LogP contribution < -0.4 is 0 Å². The molecule has 0 bridgehead atoms. The molecule has 0 atom stereocenters. The van der Waals surface area contributed by atoms with Gasteiger partial charge in [0.15, 0.2) is 0 Å². The summed E-state index contributed by atoms with van der Waals surface area (Å²) in [7, 11) is -2.13. The Morgan fingerprint density at radius 2 is 1.67 bits per heavy atom. The average molecular weight is 320 g/mol. The average Bonchev–Trinajstić information content (AvgIpc) is 2.18. The van der Waals surface area contributed by atoms with Crippen molar-refractivity contribution in [2.75, 3.05) is 13.3 Å². The van der Waals surface area contributed by atoms with E-state index in [4.69, 9.17) is 0 Å². The third-order valence-corrected chi connectivity index (χ3v) is 3.69. The minimum atomic E-state index is -3.41. The summed E-state index contributed by atoms with van der Waals surface area (Å²) < 4.78 is 25.8. The quantitative estimate of drug-likeness (QED) is 0.635. The molecular formula is C9H13NO2S2Y-2. The van der Waals surface area contributed by atoms with Crippen molar-refractivity contribution in [1.29, 1.82) is 0 Å². The molecule has 1 aromatic rings. The van der Waals surface area contributed by atoms with E-state index < -0.39 is 10.0 Å². The number of thioether (sulfide) groups is 1. The molecule has 0 saturated carbocycles. The molecule has 0 spiro atoms. The van der Waals surface area contributed by atoms with Crippen molar-refractivity contribution in [3.63, 3.8) is 0 Å². The van der Waals surface area contributed by atoms with Gasteiger partial charge < -0.3 is 12.1 Å². The van der Waals surface area contributed by atoms with Crippen LogP contribution in [0, 0.1) is 7.43 Å². The molecule has 0 unspecified atom stereocenters. The summed E-state index contributed by atoms with van der Waals surface area (Å²) in [6.07, 6.45) is 1.94. The predicted octanol–water partition coefficient (Wildman–Crippen LogP) is 2.55. The normalized spacial score (nSPS) is 10.0. The van der Waals surface area contributed by atoms with Crippen LogP contribution in [0.5, 0.6) is 0 Å². The van der Waals surface area contributed by atoms with Crippen molar-refractivity contribution >= 4 is 21.8 Å². The molecule has 1 radical (unpaired) electrons. The maximum absolute atomic E-state index is 11.2.